The van der Waals surface area contributed by atoms with Gasteiger partial charge in [-0.15, -0.1) is 0 Å². The molecule has 1 aromatic carbocycles. The van der Waals surface area contributed by atoms with E-state index in [0.717, 1.165) is 30.0 Å². The Hall–Kier alpha value is -3.18. The Bertz CT molecular complexity index is 866. The molecule has 1 amide bonds. The summed E-state index contributed by atoms with van der Waals surface area (Å²) < 4.78 is 5.26. The highest BCUT2D eigenvalue weighted by atomic mass is 16.5. The monoisotopic (exact) mass is 496 g/mol. The third kappa shape index (κ3) is 10.7. The van der Waals surface area contributed by atoms with Crippen molar-refractivity contribution in [1.29, 1.82) is 0 Å². The molecule has 0 spiro atoms. The van der Waals surface area contributed by atoms with E-state index in [-0.39, 0.29) is 5.91 Å². The zero-order chi connectivity index (χ0) is 26.6. The van der Waals surface area contributed by atoms with Gasteiger partial charge in [0.05, 0.1) is 26.4 Å². The summed E-state index contributed by atoms with van der Waals surface area (Å²) in [6.07, 6.45) is 2.11. The summed E-state index contributed by atoms with van der Waals surface area (Å²) in [6, 6.07) is 5.95. The smallest absolute Gasteiger partial charge is 0.336 e. The second-order valence-electron chi connectivity index (χ2n) is 8.68. The van der Waals surface area contributed by atoms with Crippen LogP contribution in [-0.4, -0.2) is 100.0 Å². The van der Waals surface area contributed by atoms with E-state index in [1.54, 1.807) is 7.11 Å². The van der Waals surface area contributed by atoms with Crippen molar-refractivity contribution in [2.45, 2.75) is 51.0 Å². The second kappa shape index (κ2) is 14.3. The number of carbonyl (C=O) groups excluding carboxylic acids is 1. The van der Waals surface area contributed by atoms with Gasteiger partial charge < -0.3 is 35.0 Å². The first-order valence-electron chi connectivity index (χ1n) is 11.4. The Morgan fingerprint density at radius 1 is 1.03 bits per heavy atom. The summed E-state index contributed by atoms with van der Waals surface area (Å²) >= 11 is 0. The van der Waals surface area contributed by atoms with Crippen molar-refractivity contribution in [3.05, 3.63) is 29.3 Å². The number of carboxylic acid groups (broad SMARTS) is 3. The Morgan fingerprint density at radius 3 is 2.06 bits per heavy atom. The number of hydrogen-bond acceptors (Lipinski definition) is 7. The molecular weight excluding hydrogens is 460 g/mol. The summed E-state index contributed by atoms with van der Waals surface area (Å²) in [4.78, 5) is 47.1. The zero-order valence-corrected chi connectivity index (χ0v) is 20.5. The van der Waals surface area contributed by atoms with Crippen LogP contribution in [-0.2, 0) is 25.6 Å². The number of amides is 1. The third-order valence-corrected chi connectivity index (χ3v) is 5.73. The SMILES string of the molecule is COc1ccc(CC(=O)N(C)CCN2CCCCC2)cc1C.O=C(O)CC(O)(CC(=O)O)C(=O)O. The van der Waals surface area contributed by atoms with Crippen LogP contribution in [0.2, 0.25) is 0 Å². The number of aliphatic carboxylic acids is 3. The molecular formula is C24H36N2O9. The number of aliphatic hydroxyl groups is 1. The molecule has 0 atom stereocenters. The van der Waals surface area contributed by atoms with Crippen LogP contribution < -0.4 is 4.74 Å². The fourth-order valence-corrected chi connectivity index (χ4v) is 3.67. The van der Waals surface area contributed by atoms with Crippen LogP contribution in [0.5, 0.6) is 5.75 Å². The van der Waals surface area contributed by atoms with E-state index >= 15 is 0 Å². The highest BCUT2D eigenvalue weighted by Gasteiger charge is 2.40. The molecule has 1 aliphatic rings. The highest BCUT2D eigenvalue weighted by molar-refractivity contribution is 5.88. The average molecular weight is 497 g/mol. The molecule has 196 valence electrons. The minimum atomic E-state index is -2.74. The molecule has 11 nitrogen and oxygen atoms in total. The predicted octanol–water partition coefficient (Wildman–Crippen LogP) is 1.24. The molecule has 0 unspecified atom stereocenters. The third-order valence-electron chi connectivity index (χ3n) is 5.73. The number of carboxylic acids is 3. The number of ether oxygens (including phenoxy) is 1. The van der Waals surface area contributed by atoms with Gasteiger partial charge in [-0.05, 0) is 50.0 Å². The molecule has 35 heavy (non-hydrogen) atoms. The number of aryl methyl sites for hydroxylation is 1. The number of likely N-dealkylation sites (tertiary alicyclic amines) is 1. The molecule has 1 aromatic rings. The average Bonchev–Trinajstić information content (AvgIpc) is 2.77. The van der Waals surface area contributed by atoms with Gasteiger partial charge in [0.25, 0.3) is 0 Å². The largest absolute Gasteiger partial charge is 0.496 e. The van der Waals surface area contributed by atoms with Crippen molar-refractivity contribution in [1.82, 2.24) is 9.80 Å². The molecule has 0 aromatic heterocycles. The van der Waals surface area contributed by atoms with E-state index in [9.17, 15) is 19.2 Å². The first-order valence-corrected chi connectivity index (χ1v) is 11.4. The van der Waals surface area contributed by atoms with Crippen LogP contribution in [0.1, 0.15) is 43.2 Å². The van der Waals surface area contributed by atoms with Gasteiger partial charge in [0.2, 0.25) is 5.91 Å². The number of benzene rings is 1. The minimum absolute atomic E-state index is 0.182. The van der Waals surface area contributed by atoms with E-state index in [4.69, 9.17) is 25.2 Å². The topological polar surface area (TPSA) is 165 Å². The lowest BCUT2D eigenvalue weighted by molar-refractivity contribution is -0.170. The van der Waals surface area contributed by atoms with Gasteiger partial charge in [-0.3, -0.25) is 14.4 Å². The highest BCUT2D eigenvalue weighted by Crippen LogP contribution is 2.19. The maximum atomic E-state index is 12.3. The van der Waals surface area contributed by atoms with Gasteiger partial charge >= 0.3 is 17.9 Å². The van der Waals surface area contributed by atoms with Crippen LogP contribution >= 0.6 is 0 Å². The van der Waals surface area contributed by atoms with Crippen LogP contribution in [0.3, 0.4) is 0 Å². The number of carbonyl (C=O) groups is 4. The van der Waals surface area contributed by atoms with Crippen LogP contribution in [0.15, 0.2) is 18.2 Å². The number of piperidine rings is 1. The molecule has 0 bridgehead atoms. The fourth-order valence-electron chi connectivity index (χ4n) is 3.67. The zero-order valence-electron chi connectivity index (χ0n) is 20.5. The first-order chi connectivity index (χ1) is 16.4. The molecule has 4 N–H and O–H groups in total. The van der Waals surface area contributed by atoms with E-state index in [1.807, 2.05) is 37.1 Å². The minimum Gasteiger partial charge on any atom is -0.496 e. The van der Waals surface area contributed by atoms with Crippen molar-refractivity contribution < 1.29 is 44.3 Å². The molecule has 2 rings (SSSR count). The van der Waals surface area contributed by atoms with Gasteiger partial charge in [-0.1, -0.05) is 18.6 Å². The number of likely N-dealkylation sites (N-methyl/N-ethyl adjacent to an activating group) is 1. The maximum absolute atomic E-state index is 12.3. The quantitative estimate of drug-likeness (QED) is 0.350. The van der Waals surface area contributed by atoms with E-state index < -0.39 is 36.4 Å². The van der Waals surface area contributed by atoms with E-state index in [2.05, 4.69) is 4.90 Å². The molecule has 1 fully saturated rings. The molecule has 1 saturated heterocycles. The number of methoxy groups -OCH3 is 1. The van der Waals surface area contributed by atoms with Gasteiger partial charge in [0, 0.05) is 20.1 Å². The van der Waals surface area contributed by atoms with Crippen molar-refractivity contribution in [3.63, 3.8) is 0 Å². The summed E-state index contributed by atoms with van der Waals surface area (Å²) in [5.41, 5.74) is -0.616. The van der Waals surface area contributed by atoms with Crippen molar-refractivity contribution in [2.75, 3.05) is 40.3 Å². The Kier molecular flexibility index (Phi) is 12.2. The predicted molar refractivity (Wildman–Crippen MR) is 126 cm³/mol. The molecule has 0 saturated carbocycles. The maximum Gasteiger partial charge on any atom is 0.336 e. The van der Waals surface area contributed by atoms with Crippen LogP contribution in [0, 0.1) is 6.92 Å². The lowest BCUT2D eigenvalue weighted by Gasteiger charge is -2.28. The van der Waals surface area contributed by atoms with E-state index in [0.29, 0.717) is 6.42 Å². The molecule has 0 aliphatic carbocycles. The molecule has 0 radical (unpaired) electrons. The summed E-state index contributed by atoms with van der Waals surface area (Å²) in [7, 11) is 3.57. The summed E-state index contributed by atoms with van der Waals surface area (Å²) in [5, 5.41) is 33.8. The molecule has 1 heterocycles. The van der Waals surface area contributed by atoms with Gasteiger partial charge in [-0.2, -0.15) is 0 Å². The van der Waals surface area contributed by atoms with Crippen molar-refractivity contribution in [3.8, 4) is 5.75 Å². The Balaban J connectivity index is 0.000000405. The molecule has 11 heteroatoms. The Morgan fingerprint density at radius 2 is 1.60 bits per heavy atom. The van der Waals surface area contributed by atoms with E-state index in [1.165, 1.54) is 32.4 Å². The second-order valence-corrected chi connectivity index (χ2v) is 8.68. The van der Waals surface area contributed by atoms with Crippen molar-refractivity contribution >= 4 is 23.8 Å². The standard InChI is InChI=1S/C18H28N2O2.C6H8O7/c1-15-13-16(7-8-17(15)22-3)14-18(21)19(2)11-12-20-9-5-4-6-10-20;7-3(8)1-6(13,5(11)12)2-4(9)10/h7-8,13H,4-6,9-12,14H2,1-3H3;13H,1-2H2,(H,7,8)(H,9,10)(H,11,12). The van der Waals surface area contributed by atoms with Crippen LogP contribution in [0.4, 0.5) is 0 Å². The number of nitrogens with zero attached hydrogens (tertiary/aromatic N) is 2. The Labute approximate surface area is 204 Å². The number of hydrogen-bond donors (Lipinski definition) is 4. The summed E-state index contributed by atoms with van der Waals surface area (Å²) in [5.74, 6) is -3.97. The lowest BCUT2D eigenvalue weighted by Crippen LogP contribution is -2.42. The first kappa shape index (κ1) is 29.9. The molecule has 1 aliphatic heterocycles. The summed E-state index contributed by atoms with van der Waals surface area (Å²) in [6.45, 7) is 6.17. The number of rotatable bonds is 11. The van der Waals surface area contributed by atoms with Crippen molar-refractivity contribution in [2.24, 2.45) is 0 Å². The van der Waals surface area contributed by atoms with Gasteiger partial charge in [-0.25, -0.2) is 4.79 Å². The normalized spacial score (nSPS) is 13.8. The van der Waals surface area contributed by atoms with Gasteiger partial charge in [0.1, 0.15) is 5.75 Å². The van der Waals surface area contributed by atoms with Crippen LogP contribution in [0.25, 0.3) is 0 Å². The fraction of sp³-hybridized carbons (Fsp3) is 0.583. The van der Waals surface area contributed by atoms with Gasteiger partial charge in [0.15, 0.2) is 5.60 Å². The lowest BCUT2D eigenvalue weighted by atomic mass is 9.96.